The zero-order chi connectivity index (χ0) is 21.3. The highest BCUT2D eigenvalue weighted by atomic mass is 16.5. The Labute approximate surface area is 178 Å². The maximum absolute atomic E-state index is 5.23. The second-order valence-electron chi connectivity index (χ2n) is 6.76. The summed E-state index contributed by atoms with van der Waals surface area (Å²) >= 11 is 0. The molecule has 3 rings (SSSR count). The highest BCUT2D eigenvalue weighted by molar-refractivity contribution is 6.26. The van der Waals surface area contributed by atoms with Crippen LogP contribution < -0.4 is 9.47 Å². The van der Waals surface area contributed by atoms with Crippen LogP contribution in [-0.2, 0) is 0 Å². The summed E-state index contributed by atoms with van der Waals surface area (Å²) in [5.74, 6) is 1.62. The van der Waals surface area contributed by atoms with Gasteiger partial charge in [0.15, 0.2) is 0 Å². The SMILES string of the molecule is COc1ccc(N=C(C)C(=Cc2ccccc2)C(C)=Nc2ccc(OC)cc2)cc1. The minimum absolute atomic E-state index is 0.809. The number of ether oxygens (including phenoxy) is 2. The number of methoxy groups -OCH3 is 2. The molecule has 0 radical (unpaired) electrons. The van der Waals surface area contributed by atoms with Crippen molar-refractivity contribution in [3.05, 3.63) is 90.0 Å². The summed E-state index contributed by atoms with van der Waals surface area (Å²) in [5.41, 5.74) is 5.58. The maximum atomic E-state index is 5.23. The molecule has 0 aliphatic carbocycles. The zero-order valence-corrected chi connectivity index (χ0v) is 17.8. The normalized spacial score (nSPS) is 11.7. The molecule has 152 valence electrons. The highest BCUT2D eigenvalue weighted by Crippen LogP contribution is 2.22. The van der Waals surface area contributed by atoms with Gasteiger partial charge in [0.05, 0.1) is 25.6 Å². The van der Waals surface area contributed by atoms with Crippen LogP contribution in [0.5, 0.6) is 11.5 Å². The van der Waals surface area contributed by atoms with Crippen LogP contribution >= 0.6 is 0 Å². The third kappa shape index (κ3) is 5.67. The van der Waals surface area contributed by atoms with Crippen molar-refractivity contribution in [1.29, 1.82) is 0 Å². The molecule has 3 aromatic rings. The summed E-state index contributed by atoms with van der Waals surface area (Å²) in [6.45, 7) is 4.01. The summed E-state index contributed by atoms with van der Waals surface area (Å²) in [4.78, 5) is 9.63. The van der Waals surface area contributed by atoms with Crippen molar-refractivity contribution in [1.82, 2.24) is 0 Å². The van der Waals surface area contributed by atoms with E-state index in [1.54, 1.807) is 14.2 Å². The molecule has 0 saturated carbocycles. The molecular weight excluding hydrogens is 372 g/mol. The molecule has 0 spiro atoms. The topological polar surface area (TPSA) is 43.2 Å². The van der Waals surface area contributed by atoms with Gasteiger partial charge in [-0.2, -0.15) is 0 Å². The van der Waals surface area contributed by atoms with E-state index in [1.165, 1.54) is 0 Å². The fourth-order valence-corrected chi connectivity index (χ4v) is 3.01. The molecule has 0 aliphatic rings. The first-order valence-electron chi connectivity index (χ1n) is 9.75. The predicted octanol–water partition coefficient (Wildman–Crippen LogP) is 6.67. The average molecular weight is 399 g/mol. The fourth-order valence-electron chi connectivity index (χ4n) is 3.01. The first-order valence-corrected chi connectivity index (χ1v) is 9.75. The quantitative estimate of drug-likeness (QED) is 0.417. The number of hydrogen-bond donors (Lipinski definition) is 0. The van der Waals surface area contributed by atoms with Crippen molar-refractivity contribution < 1.29 is 9.47 Å². The molecule has 4 nitrogen and oxygen atoms in total. The number of aliphatic imine (C=N–C) groups is 2. The smallest absolute Gasteiger partial charge is 0.119 e. The zero-order valence-electron chi connectivity index (χ0n) is 17.8. The van der Waals surface area contributed by atoms with Gasteiger partial charge in [0, 0.05) is 17.0 Å². The van der Waals surface area contributed by atoms with E-state index >= 15 is 0 Å². The van der Waals surface area contributed by atoms with Crippen molar-refractivity contribution in [2.24, 2.45) is 9.98 Å². The second kappa shape index (κ2) is 10.2. The molecule has 30 heavy (non-hydrogen) atoms. The van der Waals surface area contributed by atoms with Crippen molar-refractivity contribution in [3.8, 4) is 11.5 Å². The van der Waals surface area contributed by atoms with Gasteiger partial charge in [-0.25, -0.2) is 0 Å². The summed E-state index contributed by atoms with van der Waals surface area (Å²) < 4.78 is 10.5. The second-order valence-corrected chi connectivity index (χ2v) is 6.76. The summed E-state index contributed by atoms with van der Waals surface area (Å²) in [6.07, 6.45) is 2.12. The fraction of sp³-hybridized carbons (Fsp3) is 0.154. The van der Waals surface area contributed by atoms with Gasteiger partial charge >= 0.3 is 0 Å². The van der Waals surface area contributed by atoms with Gasteiger partial charge in [-0.05, 0) is 74.0 Å². The molecule has 0 unspecified atom stereocenters. The van der Waals surface area contributed by atoms with Gasteiger partial charge in [0.1, 0.15) is 11.5 Å². The molecule has 0 aliphatic heterocycles. The van der Waals surface area contributed by atoms with E-state index in [1.807, 2.05) is 80.6 Å². The Bertz CT molecular complexity index is 983. The van der Waals surface area contributed by atoms with Crippen LogP contribution in [0.2, 0.25) is 0 Å². The Morgan fingerprint density at radius 2 is 1.07 bits per heavy atom. The van der Waals surface area contributed by atoms with Crippen LogP contribution in [0.15, 0.2) is 94.4 Å². The van der Waals surface area contributed by atoms with E-state index in [4.69, 9.17) is 19.5 Å². The highest BCUT2D eigenvalue weighted by Gasteiger charge is 2.08. The lowest BCUT2D eigenvalue weighted by Gasteiger charge is -2.09. The molecule has 0 aromatic heterocycles. The predicted molar refractivity (Wildman–Crippen MR) is 126 cm³/mol. The molecule has 0 heterocycles. The first kappa shape index (κ1) is 21.1. The van der Waals surface area contributed by atoms with Crippen molar-refractivity contribution in [2.45, 2.75) is 13.8 Å². The first-order chi connectivity index (χ1) is 14.6. The Morgan fingerprint density at radius 1 is 0.633 bits per heavy atom. The Hall–Kier alpha value is -3.66. The number of benzene rings is 3. The Morgan fingerprint density at radius 3 is 1.47 bits per heavy atom. The molecule has 0 fully saturated rings. The van der Waals surface area contributed by atoms with Crippen LogP contribution in [-0.4, -0.2) is 25.6 Å². The monoisotopic (exact) mass is 398 g/mol. The average Bonchev–Trinajstić information content (AvgIpc) is 2.79. The van der Waals surface area contributed by atoms with Crippen LogP contribution in [0.3, 0.4) is 0 Å². The minimum atomic E-state index is 0.809. The van der Waals surface area contributed by atoms with Gasteiger partial charge in [0.2, 0.25) is 0 Å². The molecule has 0 N–H and O–H groups in total. The molecule has 0 bridgehead atoms. The summed E-state index contributed by atoms with van der Waals surface area (Å²) in [5, 5.41) is 0. The molecule has 4 heteroatoms. The lowest BCUT2D eigenvalue weighted by Crippen LogP contribution is -2.07. The van der Waals surface area contributed by atoms with Crippen LogP contribution in [0.25, 0.3) is 6.08 Å². The van der Waals surface area contributed by atoms with Crippen LogP contribution in [0.4, 0.5) is 11.4 Å². The van der Waals surface area contributed by atoms with E-state index in [9.17, 15) is 0 Å². The van der Waals surface area contributed by atoms with Crippen molar-refractivity contribution in [2.75, 3.05) is 14.2 Å². The van der Waals surface area contributed by atoms with E-state index < -0.39 is 0 Å². The third-order valence-corrected chi connectivity index (χ3v) is 4.63. The summed E-state index contributed by atoms with van der Waals surface area (Å²) in [7, 11) is 3.31. The Kier molecular flexibility index (Phi) is 7.17. The van der Waals surface area contributed by atoms with E-state index in [-0.39, 0.29) is 0 Å². The standard InChI is InChI=1S/C26H26N2O2/c1-19(27-22-10-14-24(29-3)15-11-22)26(18-21-8-6-5-7-9-21)20(2)28-23-12-16-25(30-4)17-13-23/h5-18H,1-4H3. The van der Waals surface area contributed by atoms with Gasteiger partial charge in [0.25, 0.3) is 0 Å². The van der Waals surface area contributed by atoms with Gasteiger partial charge in [-0.15, -0.1) is 0 Å². The number of allylic oxidation sites excluding steroid dienone is 1. The van der Waals surface area contributed by atoms with E-state index in [2.05, 4.69) is 18.2 Å². The van der Waals surface area contributed by atoms with Crippen LogP contribution in [0, 0.1) is 0 Å². The van der Waals surface area contributed by atoms with Gasteiger partial charge in [-0.3, -0.25) is 9.98 Å². The lowest BCUT2D eigenvalue weighted by atomic mass is 10.0. The minimum Gasteiger partial charge on any atom is -0.497 e. The summed E-state index contributed by atoms with van der Waals surface area (Å²) in [6, 6.07) is 25.6. The number of rotatable bonds is 7. The van der Waals surface area contributed by atoms with Crippen LogP contribution in [0.1, 0.15) is 19.4 Å². The van der Waals surface area contributed by atoms with E-state index in [0.29, 0.717) is 0 Å². The van der Waals surface area contributed by atoms with Crippen molar-refractivity contribution in [3.63, 3.8) is 0 Å². The maximum Gasteiger partial charge on any atom is 0.119 e. The van der Waals surface area contributed by atoms with Crippen molar-refractivity contribution >= 4 is 28.9 Å². The number of nitrogens with zero attached hydrogens (tertiary/aromatic N) is 2. The lowest BCUT2D eigenvalue weighted by molar-refractivity contribution is 0.415. The molecule has 0 saturated heterocycles. The molecular formula is C26H26N2O2. The Balaban J connectivity index is 1.99. The third-order valence-electron chi connectivity index (χ3n) is 4.63. The number of hydrogen-bond acceptors (Lipinski definition) is 4. The van der Waals surface area contributed by atoms with E-state index in [0.717, 1.165) is 45.4 Å². The molecule has 3 aromatic carbocycles. The van der Waals surface area contributed by atoms with Gasteiger partial charge < -0.3 is 9.47 Å². The molecule has 0 amide bonds. The molecule has 0 atom stereocenters. The van der Waals surface area contributed by atoms with Gasteiger partial charge in [-0.1, -0.05) is 30.3 Å². The largest absolute Gasteiger partial charge is 0.497 e.